The van der Waals surface area contributed by atoms with Crippen LogP contribution in [0.25, 0.3) is 0 Å². The molecular formula is C23H32N4O. The van der Waals surface area contributed by atoms with Gasteiger partial charge in [-0.25, -0.2) is 4.98 Å². The first-order valence-corrected chi connectivity index (χ1v) is 10.3. The summed E-state index contributed by atoms with van der Waals surface area (Å²) in [5, 5.41) is 3.06. The Bertz CT molecular complexity index is 795. The molecule has 1 aromatic heterocycles. The van der Waals surface area contributed by atoms with E-state index >= 15 is 0 Å². The normalized spacial score (nSPS) is 13.9. The topological polar surface area (TPSA) is 48.5 Å². The molecule has 1 aliphatic heterocycles. The number of pyridine rings is 1. The zero-order valence-corrected chi connectivity index (χ0v) is 17.5. The molecule has 0 fully saturated rings. The van der Waals surface area contributed by atoms with Gasteiger partial charge in [-0.3, -0.25) is 9.69 Å². The largest absolute Gasteiger partial charge is 0.352 e. The van der Waals surface area contributed by atoms with Crippen molar-refractivity contribution in [3.63, 3.8) is 0 Å². The quantitative estimate of drug-likeness (QED) is 0.799. The summed E-state index contributed by atoms with van der Waals surface area (Å²) >= 11 is 0. The van der Waals surface area contributed by atoms with Crippen LogP contribution in [0.2, 0.25) is 0 Å². The molecule has 1 aliphatic rings. The molecule has 0 atom stereocenters. The van der Waals surface area contributed by atoms with E-state index in [1.165, 1.54) is 11.1 Å². The molecule has 1 amide bonds. The lowest BCUT2D eigenvalue weighted by Crippen LogP contribution is -2.42. The van der Waals surface area contributed by atoms with Crippen molar-refractivity contribution >= 4 is 11.7 Å². The van der Waals surface area contributed by atoms with Crippen LogP contribution in [0.3, 0.4) is 0 Å². The SMILES string of the molecule is CC(C)N(CCNC(=O)c1ccnc(N2CCc3ccccc3C2)c1)C(C)C. The molecule has 2 heterocycles. The minimum atomic E-state index is -0.0338. The summed E-state index contributed by atoms with van der Waals surface area (Å²) in [6, 6.07) is 13.2. The fraction of sp³-hybridized carbons (Fsp3) is 0.478. The monoisotopic (exact) mass is 380 g/mol. The Balaban J connectivity index is 1.61. The lowest BCUT2D eigenvalue weighted by Gasteiger charge is -2.30. The molecule has 1 N–H and O–H groups in total. The molecule has 5 heteroatoms. The molecule has 150 valence electrons. The van der Waals surface area contributed by atoms with Gasteiger partial charge in [0.1, 0.15) is 5.82 Å². The fourth-order valence-electron chi connectivity index (χ4n) is 3.94. The van der Waals surface area contributed by atoms with Crippen LogP contribution < -0.4 is 10.2 Å². The number of anilines is 1. The van der Waals surface area contributed by atoms with Crippen molar-refractivity contribution in [2.24, 2.45) is 0 Å². The summed E-state index contributed by atoms with van der Waals surface area (Å²) in [6.07, 6.45) is 2.74. The van der Waals surface area contributed by atoms with Gasteiger partial charge in [0.05, 0.1) is 0 Å². The van der Waals surface area contributed by atoms with Gasteiger partial charge in [0.25, 0.3) is 5.91 Å². The molecule has 5 nitrogen and oxygen atoms in total. The van der Waals surface area contributed by atoms with Crippen LogP contribution in [0.5, 0.6) is 0 Å². The number of rotatable bonds is 7. The van der Waals surface area contributed by atoms with Crippen molar-refractivity contribution in [3.05, 3.63) is 59.3 Å². The van der Waals surface area contributed by atoms with Crippen LogP contribution in [0.1, 0.15) is 49.2 Å². The van der Waals surface area contributed by atoms with Crippen LogP contribution in [0, 0.1) is 0 Å². The number of benzene rings is 1. The van der Waals surface area contributed by atoms with Crippen LogP contribution in [0.4, 0.5) is 5.82 Å². The second-order valence-electron chi connectivity index (χ2n) is 8.02. The number of fused-ring (bicyclic) bond motifs is 1. The average molecular weight is 381 g/mol. The maximum Gasteiger partial charge on any atom is 0.251 e. The Hall–Kier alpha value is -2.40. The third-order valence-corrected chi connectivity index (χ3v) is 5.44. The summed E-state index contributed by atoms with van der Waals surface area (Å²) in [6.45, 7) is 12.0. The second kappa shape index (κ2) is 9.20. The van der Waals surface area contributed by atoms with Crippen molar-refractivity contribution in [1.82, 2.24) is 15.2 Å². The predicted octanol–water partition coefficient (Wildman–Crippen LogP) is 3.49. The van der Waals surface area contributed by atoms with Crippen LogP contribution in [0.15, 0.2) is 42.6 Å². The number of carbonyl (C=O) groups is 1. The average Bonchev–Trinajstić information content (AvgIpc) is 2.70. The van der Waals surface area contributed by atoms with Crippen molar-refractivity contribution in [2.75, 3.05) is 24.5 Å². The summed E-state index contributed by atoms with van der Waals surface area (Å²) in [4.78, 5) is 21.8. The van der Waals surface area contributed by atoms with Gasteiger partial charge >= 0.3 is 0 Å². The van der Waals surface area contributed by atoms with Crippen molar-refractivity contribution in [3.8, 4) is 0 Å². The highest BCUT2D eigenvalue weighted by Gasteiger charge is 2.18. The Labute approximate surface area is 168 Å². The van der Waals surface area contributed by atoms with E-state index in [4.69, 9.17) is 0 Å². The predicted molar refractivity (Wildman–Crippen MR) is 115 cm³/mol. The van der Waals surface area contributed by atoms with E-state index in [0.717, 1.165) is 31.9 Å². The van der Waals surface area contributed by atoms with Crippen molar-refractivity contribution in [2.45, 2.75) is 52.7 Å². The van der Waals surface area contributed by atoms with Gasteiger partial charge < -0.3 is 10.2 Å². The molecule has 0 aliphatic carbocycles. The molecular weight excluding hydrogens is 348 g/mol. The van der Waals surface area contributed by atoms with Gasteiger partial charge in [-0.2, -0.15) is 0 Å². The van der Waals surface area contributed by atoms with Gasteiger partial charge in [-0.1, -0.05) is 24.3 Å². The molecule has 0 saturated heterocycles. The number of nitrogens with one attached hydrogen (secondary N) is 1. The van der Waals surface area contributed by atoms with E-state index in [-0.39, 0.29) is 5.91 Å². The molecule has 0 bridgehead atoms. The van der Waals surface area contributed by atoms with Crippen molar-refractivity contribution < 1.29 is 4.79 Å². The summed E-state index contributed by atoms with van der Waals surface area (Å²) < 4.78 is 0. The first kappa shape index (κ1) is 20.3. The molecule has 0 saturated carbocycles. The van der Waals surface area contributed by atoms with Gasteiger partial charge in [0, 0.05) is 50.0 Å². The van der Waals surface area contributed by atoms with E-state index in [2.05, 4.69) is 72.1 Å². The Morgan fingerprint density at radius 1 is 1.14 bits per heavy atom. The minimum absolute atomic E-state index is 0.0338. The summed E-state index contributed by atoms with van der Waals surface area (Å²) in [5.74, 6) is 0.835. The highest BCUT2D eigenvalue weighted by atomic mass is 16.1. The smallest absolute Gasteiger partial charge is 0.251 e. The highest BCUT2D eigenvalue weighted by molar-refractivity contribution is 5.94. The Morgan fingerprint density at radius 2 is 1.86 bits per heavy atom. The maximum atomic E-state index is 12.6. The Morgan fingerprint density at radius 3 is 2.57 bits per heavy atom. The number of amides is 1. The van der Waals surface area contributed by atoms with E-state index in [1.807, 2.05) is 6.07 Å². The highest BCUT2D eigenvalue weighted by Crippen LogP contribution is 2.23. The fourth-order valence-corrected chi connectivity index (χ4v) is 3.94. The minimum Gasteiger partial charge on any atom is -0.352 e. The summed E-state index contributed by atoms with van der Waals surface area (Å²) in [7, 11) is 0. The van der Waals surface area contributed by atoms with E-state index in [0.29, 0.717) is 24.2 Å². The molecule has 0 radical (unpaired) electrons. The number of aromatic nitrogens is 1. The number of hydrogen-bond donors (Lipinski definition) is 1. The molecule has 2 aromatic rings. The molecule has 1 aromatic carbocycles. The standard InChI is InChI=1S/C23H32N4O/c1-17(2)27(18(3)4)14-12-25-23(28)20-9-11-24-22(15-20)26-13-10-19-7-5-6-8-21(19)16-26/h5-9,11,15,17-18H,10,12-14,16H2,1-4H3,(H,25,28). The van der Waals surface area contributed by atoms with Crippen LogP contribution in [-0.2, 0) is 13.0 Å². The first-order valence-electron chi connectivity index (χ1n) is 10.3. The first-order chi connectivity index (χ1) is 13.5. The van der Waals surface area contributed by atoms with Crippen molar-refractivity contribution in [1.29, 1.82) is 0 Å². The maximum absolute atomic E-state index is 12.6. The third kappa shape index (κ3) is 4.90. The van der Waals surface area contributed by atoms with Gasteiger partial charge in [0.2, 0.25) is 0 Å². The number of nitrogens with zero attached hydrogens (tertiary/aromatic N) is 3. The van der Waals surface area contributed by atoms with E-state index < -0.39 is 0 Å². The van der Waals surface area contributed by atoms with E-state index in [9.17, 15) is 4.79 Å². The second-order valence-corrected chi connectivity index (χ2v) is 8.02. The number of carbonyl (C=O) groups excluding carboxylic acids is 1. The molecule has 0 unspecified atom stereocenters. The molecule has 28 heavy (non-hydrogen) atoms. The Kier molecular flexibility index (Phi) is 6.68. The lowest BCUT2D eigenvalue weighted by molar-refractivity contribution is 0.0939. The molecule has 3 rings (SSSR count). The van der Waals surface area contributed by atoms with E-state index in [1.54, 1.807) is 12.3 Å². The third-order valence-electron chi connectivity index (χ3n) is 5.44. The van der Waals surface area contributed by atoms with Crippen LogP contribution >= 0.6 is 0 Å². The van der Waals surface area contributed by atoms with Gasteiger partial charge in [-0.15, -0.1) is 0 Å². The zero-order valence-electron chi connectivity index (χ0n) is 17.5. The number of hydrogen-bond acceptors (Lipinski definition) is 4. The van der Waals surface area contributed by atoms with Gasteiger partial charge in [0.15, 0.2) is 0 Å². The lowest BCUT2D eigenvalue weighted by atomic mass is 10.00. The molecule has 0 spiro atoms. The van der Waals surface area contributed by atoms with Crippen LogP contribution in [-0.4, -0.2) is 47.5 Å². The zero-order chi connectivity index (χ0) is 20.1. The van der Waals surface area contributed by atoms with Gasteiger partial charge in [-0.05, 0) is 57.4 Å². The summed E-state index contributed by atoms with van der Waals surface area (Å²) in [5.41, 5.74) is 3.42.